The van der Waals surface area contributed by atoms with E-state index in [0.717, 1.165) is 91.3 Å². The Hall–Kier alpha value is -7.51. The summed E-state index contributed by atoms with van der Waals surface area (Å²) < 4.78 is 26.1. The molecule has 0 radical (unpaired) electrons. The number of hydrogen-bond acceptors (Lipinski definition) is 21. The van der Waals surface area contributed by atoms with Gasteiger partial charge in [-0.25, -0.2) is 15.4 Å². The Morgan fingerprint density at radius 1 is 0.634 bits per heavy atom. The number of nitrogen functional groups attached to an aromatic ring is 1. The van der Waals surface area contributed by atoms with E-state index in [4.69, 9.17) is 21.1 Å². The van der Waals surface area contributed by atoms with Gasteiger partial charge in [0.2, 0.25) is 23.0 Å². The van der Waals surface area contributed by atoms with Crippen molar-refractivity contribution in [2.24, 2.45) is 47.3 Å². The molecule has 7 rings (SSSR count). The lowest BCUT2D eigenvalue weighted by molar-refractivity contribution is -0.765. The van der Waals surface area contributed by atoms with Crippen LogP contribution in [-0.4, -0.2) is 183 Å². The van der Waals surface area contributed by atoms with Crippen LogP contribution in [-0.2, 0) is 78.7 Å². The zero-order chi connectivity index (χ0) is 77.7. The van der Waals surface area contributed by atoms with Gasteiger partial charge in [0.1, 0.15) is 46.4 Å². The summed E-state index contributed by atoms with van der Waals surface area (Å²) in [6.07, 6.45) is 12.7. The lowest BCUT2D eigenvalue weighted by Gasteiger charge is -2.36. The molecule has 3 fully saturated rings. The molecule has 3 saturated heterocycles. The number of hydrogen-bond donors (Lipinski definition) is 10. The van der Waals surface area contributed by atoms with Crippen LogP contribution >= 0.6 is 15.9 Å². The Morgan fingerprint density at radius 2 is 0.970 bits per heavy atom. The fraction of sp³-hybridized carbons (Fsp3) is 0.676. The number of aromatic amines is 3. The van der Waals surface area contributed by atoms with Gasteiger partial charge in [0.25, 0.3) is 0 Å². The number of H-pyrrole nitrogens is 3. The number of carbonyl (C=O) groups excluding carboxylic acids is 7. The van der Waals surface area contributed by atoms with E-state index in [0.29, 0.717) is 98.6 Å². The largest absolute Gasteiger partial charge is 0.469 e. The van der Waals surface area contributed by atoms with Gasteiger partial charge in [-0.1, -0.05) is 63.7 Å². The average molecular weight is 1490 g/mol. The highest BCUT2D eigenvalue weighted by atomic mass is 79.9. The molecule has 7 atom stereocenters. The van der Waals surface area contributed by atoms with E-state index in [2.05, 4.69) is 99.9 Å². The highest BCUT2D eigenvalue weighted by molar-refractivity contribution is 9.09. The van der Waals surface area contributed by atoms with Gasteiger partial charge in [-0.15, -0.1) is 14.0 Å². The predicted octanol–water partition coefficient (Wildman–Crippen LogP) is 5.06. The number of alkyl halides is 1. The van der Waals surface area contributed by atoms with Crippen LogP contribution in [0, 0.1) is 69.1 Å². The Bertz CT molecular complexity index is 3020. The number of piperidine rings is 3. The summed E-state index contributed by atoms with van der Waals surface area (Å²) in [5.74, 6) is 5.00. The van der Waals surface area contributed by atoms with Crippen molar-refractivity contribution in [3.05, 3.63) is 71.9 Å². The molecule has 7 unspecified atom stereocenters. The van der Waals surface area contributed by atoms with Crippen molar-refractivity contribution in [2.75, 3.05) is 93.5 Å². The van der Waals surface area contributed by atoms with Crippen molar-refractivity contribution >= 4 is 81.0 Å². The van der Waals surface area contributed by atoms with Gasteiger partial charge < -0.3 is 69.4 Å². The first-order chi connectivity index (χ1) is 46.8. The molecule has 7 heterocycles. The van der Waals surface area contributed by atoms with Crippen molar-refractivity contribution in [1.82, 2.24) is 30.5 Å². The second-order valence-electron chi connectivity index (χ2n) is 29.2. The Labute approximate surface area is 606 Å². The molecule has 0 spiro atoms. The number of halogens is 1. The Morgan fingerprint density at radius 3 is 1.23 bits per heavy atom. The van der Waals surface area contributed by atoms with Gasteiger partial charge in [-0.3, -0.25) is 24.5 Å². The summed E-state index contributed by atoms with van der Waals surface area (Å²) >= 11 is 3.06. The number of methoxy groups -OCH3 is 4. The highest BCUT2D eigenvalue weighted by Crippen LogP contribution is 2.31. The zero-order valence-corrected chi connectivity index (χ0v) is 65.7. The summed E-state index contributed by atoms with van der Waals surface area (Å²) in [4.78, 5) is 82.8. The zero-order valence-electron chi connectivity index (χ0n) is 64.1. The first-order valence-corrected chi connectivity index (χ1v) is 35.2. The van der Waals surface area contributed by atoms with E-state index in [1.807, 2.05) is 67.3 Å². The van der Waals surface area contributed by atoms with Crippen LogP contribution in [0.5, 0.6) is 0 Å². The number of hydrazine groups is 1. The Balaban J connectivity index is 0.000000619. The van der Waals surface area contributed by atoms with E-state index < -0.39 is 28.4 Å². The van der Waals surface area contributed by atoms with Crippen LogP contribution in [0.25, 0.3) is 0 Å². The summed E-state index contributed by atoms with van der Waals surface area (Å²) in [5.41, 5.74) is 13.6. The molecule has 3 aliphatic heterocycles. The summed E-state index contributed by atoms with van der Waals surface area (Å²) in [6, 6.07) is 0. The molecule has 1 amide bonds. The van der Waals surface area contributed by atoms with E-state index in [1.54, 1.807) is 73.2 Å². The quantitative estimate of drug-likeness (QED) is 0.00600. The minimum Gasteiger partial charge on any atom is -0.469 e. The topological polar surface area (TPSA) is 388 Å². The third-order valence-corrected chi connectivity index (χ3v) is 17.0. The molecular weight excluding hydrogens is 1370 g/mol. The molecule has 12 N–H and O–H groups in total. The summed E-state index contributed by atoms with van der Waals surface area (Å²) in [6.45, 7) is 45.8. The maximum absolute atomic E-state index is 11.9. The Kier molecular flexibility index (Phi) is 38.8. The van der Waals surface area contributed by atoms with Crippen molar-refractivity contribution in [1.29, 1.82) is 0 Å². The fourth-order valence-electron chi connectivity index (χ4n) is 11.5. The highest BCUT2D eigenvalue weighted by Gasteiger charge is 2.37. The van der Waals surface area contributed by atoms with Crippen LogP contribution in [0.15, 0.2) is 49.1 Å². The molecule has 4 aromatic rings. The number of nitrogens with two attached hydrogens (primary N) is 2. The van der Waals surface area contributed by atoms with Crippen LogP contribution in [0.3, 0.4) is 0 Å². The number of esters is 4. The summed E-state index contributed by atoms with van der Waals surface area (Å²) in [5, 5.41) is 53.6. The SMILES string of the molecule is C=C(CBr)C(=O)OC.C=C(CC(C)C=O)C(=O)OC.CCC=O.COC(=O)C1CC(C)CN(c2c[nH][n+](CC(C)(C)O)c2C)C1.COC(=O)C1CC(C)CN(c2c[nH][n+](CC(C)(C)O)c2C)C1.Cc1c(N)cnn1CC(C)(C)O.Cc1c(N2CC(C)CC(C(=O)NN)C2)c[nH][n+]1CC(C)(C)O. The molecule has 4 aromatic heterocycles. The van der Waals surface area contributed by atoms with Gasteiger partial charge in [0.05, 0.1) is 94.5 Å². The molecule has 0 saturated carbocycles. The molecule has 3 aliphatic rings. The maximum atomic E-state index is 11.9. The summed E-state index contributed by atoms with van der Waals surface area (Å²) in [7, 11) is 5.52. The van der Waals surface area contributed by atoms with Crippen molar-refractivity contribution in [2.45, 2.75) is 198 Å². The van der Waals surface area contributed by atoms with Crippen molar-refractivity contribution in [3.8, 4) is 0 Å². The van der Waals surface area contributed by atoms with Crippen LogP contribution in [0.4, 0.5) is 22.7 Å². The normalized spacial score (nSPS) is 18.5. The number of rotatable bonds is 21. The van der Waals surface area contributed by atoms with Crippen molar-refractivity contribution < 1.29 is 87.0 Å². The minimum absolute atomic E-state index is 0.0780. The predicted molar refractivity (Wildman–Crippen MR) is 391 cm³/mol. The van der Waals surface area contributed by atoms with Crippen molar-refractivity contribution in [3.63, 3.8) is 0 Å². The molecule has 101 heavy (non-hydrogen) atoms. The van der Waals surface area contributed by atoms with E-state index in [1.165, 1.54) is 28.4 Å². The number of anilines is 4. The maximum Gasteiger partial charge on any atom is 0.333 e. The molecule has 0 bridgehead atoms. The van der Waals surface area contributed by atoms with E-state index >= 15 is 0 Å². The molecule has 572 valence electrons. The van der Waals surface area contributed by atoms with Gasteiger partial charge in [0, 0.05) is 88.9 Å². The number of aldehydes is 2. The number of ether oxygens (including phenoxy) is 4. The van der Waals surface area contributed by atoms with Gasteiger partial charge in [-0.2, -0.15) is 20.4 Å². The van der Waals surface area contributed by atoms with Crippen LogP contribution in [0.1, 0.15) is 145 Å². The number of nitrogens with one attached hydrogen (secondary N) is 4. The van der Waals surface area contributed by atoms with Gasteiger partial charge >= 0.3 is 23.9 Å². The van der Waals surface area contributed by atoms with Crippen LogP contribution < -0.4 is 45.7 Å². The standard InChI is InChI=1S/2C16H27N3O3.C15H27N5O2.C8H15N3O.C8H12O3.C5H7BrO2.C3H6O/c2*1-11-6-13(15(20)22-5)9-18(8-11)14-7-17-19(12(14)2)10-16(3,4)21;1-10-5-12(14(21)18-16)8-19(7-10)13-6-17-20(11(13)2)9-15(3,4)22;1-6-7(9)4-10-11(6)5-8(2,3)12;1-6(5-9)4-7(2)8(10)11-3;1-4(3-6)5(7)8-2;1-2-3-4/h2*7,11,13,21H,6,8-10H2,1-5H3;6,10,12,22H,5,7-9,16H2,1-4H3,(H,18,21);4,12H,5,9H2,1-3H3;5-6H,2,4H2,1,3H3;1,3H2,2H3;3H,2H2,1H3/p+3. The lowest BCUT2D eigenvalue weighted by Crippen LogP contribution is -2.49. The number of nitrogens with zero attached hydrogens (tertiary/aromatic N) is 8. The molecular formula is C71H124BrN14O15+3. The first-order valence-electron chi connectivity index (χ1n) is 34.1. The number of amides is 1. The van der Waals surface area contributed by atoms with E-state index in [-0.39, 0.29) is 47.5 Å². The van der Waals surface area contributed by atoms with E-state index in [9.17, 15) is 54.0 Å². The average Bonchev–Trinajstić information content (AvgIpc) is 1.73. The lowest BCUT2D eigenvalue weighted by atomic mass is 9.89. The first kappa shape index (κ1) is 91.5. The van der Waals surface area contributed by atoms with Gasteiger partial charge in [0.15, 0.2) is 19.6 Å². The molecule has 30 heteroatoms. The third-order valence-electron chi connectivity index (χ3n) is 16.4. The second-order valence-corrected chi connectivity index (χ2v) is 29.7. The minimum atomic E-state index is -0.783. The van der Waals surface area contributed by atoms with Gasteiger partial charge in [-0.05, 0) is 106 Å². The second kappa shape index (κ2) is 42.8. The number of aromatic nitrogens is 8. The fourth-order valence-corrected chi connectivity index (χ4v) is 11.8. The van der Waals surface area contributed by atoms with Crippen LogP contribution in [0.2, 0.25) is 0 Å². The number of aliphatic hydroxyl groups is 4. The molecule has 0 aliphatic carbocycles. The molecule has 0 aromatic carbocycles. The smallest absolute Gasteiger partial charge is 0.333 e. The third kappa shape index (κ3) is 33.0. The molecule has 29 nitrogen and oxygen atoms in total. The number of carbonyl (C=O) groups is 7. The monoisotopic (exact) mass is 1490 g/mol.